The summed E-state index contributed by atoms with van der Waals surface area (Å²) in [6.45, 7) is 4.78. The van der Waals surface area contributed by atoms with E-state index in [-0.39, 0.29) is 0 Å². The van der Waals surface area contributed by atoms with Crippen molar-refractivity contribution < 1.29 is 4.74 Å². The SMILES string of the molecule is [c]1cnc(CCN2CCOCC2)nc1. The second kappa shape index (κ2) is 5.02. The summed E-state index contributed by atoms with van der Waals surface area (Å²) in [5.41, 5.74) is 0. The van der Waals surface area contributed by atoms with Gasteiger partial charge in [0.25, 0.3) is 0 Å². The van der Waals surface area contributed by atoms with Gasteiger partial charge in [-0.15, -0.1) is 0 Å². The monoisotopic (exact) mass is 192 g/mol. The van der Waals surface area contributed by atoms with Gasteiger partial charge in [0.1, 0.15) is 5.82 Å². The molecule has 1 saturated heterocycles. The molecule has 1 aliphatic heterocycles. The van der Waals surface area contributed by atoms with Gasteiger partial charge in [-0.1, -0.05) is 0 Å². The number of hydrogen-bond acceptors (Lipinski definition) is 4. The average Bonchev–Trinajstić information content (AvgIpc) is 2.29. The normalized spacial score (nSPS) is 18.3. The molecule has 4 nitrogen and oxygen atoms in total. The average molecular weight is 192 g/mol. The van der Waals surface area contributed by atoms with Gasteiger partial charge in [0, 0.05) is 44.5 Å². The zero-order valence-electron chi connectivity index (χ0n) is 8.15. The molecule has 0 spiro atoms. The maximum Gasteiger partial charge on any atom is 0.129 e. The molecule has 75 valence electrons. The lowest BCUT2D eigenvalue weighted by Gasteiger charge is -2.26. The first-order valence-electron chi connectivity index (χ1n) is 4.92. The minimum absolute atomic E-state index is 0.851. The molecule has 0 bridgehead atoms. The van der Waals surface area contributed by atoms with Gasteiger partial charge in [-0.3, -0.25) is 4.90 Å². The highest BCUT2D eigenvalue weighted by Gasteiger charge is 2.09. The fraction of sp³-hybridized carbons (Fsp3) is 0.600. The molecule has 2 heterocycles. The summed E-state index contributed by atoms with van der Waals surface area (Å²) in [5, 5.41) is 0. The standard InChI is InChI=1S/C10H14N3O/c1-3-11-10(12-4-1)2-5-13-6-8-14-9-7-13/h3-4H,2,5-9H2. The Kier molecular flexibility index (Phi) is 3.43. The van der Waals surface area contributed by atoms with E-state index >= 15 is 0 Å². The highest BCUT2D eigenvalue weighted by molar-refractivity contribution is 4.88. The summed E-state index contributed by atoms with van der Waals surface area (Å²) < 4.78 is 5.27. The fourth-order valence-corrected chi connectivity index (χ4v) is 1.50. The summed E-state index contributed by atoms with van der Waals surface area (Å²) >= 11 is 0. The predicted molar refractivity (Wildman–Crippen MR) is 51.8 cm³/mol. The molecule has 1 fully saturated rings. The van der Waals surface area contributed by atoms with Crippen LogP contribution in [0.2, 0.25) is 0 Å². The molecule has 1 radical (unpaired) electrons. The van der Waals surface area contributed by atoms with Gasteiger partial charge in [-0.25, -0.2) is 9.97 Å². The van der Waals surface area contributed by atoms with Crippen molar-refractivity contribution in [3.05, 3.63) is 24.3 Å². The third-order valence-corrected chi connectivity index (χ3v) is 2.33. The summed E-state index contributed by atoms with van der Waals surface area (Å²) in [5.74, 6) is 0.898. The van der Waals surface area contributed by atoms with Crippen LogP contribution < -0.4 is 0 Å². The minimum atomic E-state index is 0.851. The molecule has 4 heteroatoms. The minimum Gasteiger partial charge on any atom is -0.379 e. The van der Waals surface area contributed by atoms with E-state index in [0.717, 1.165) is 45.1 Å². The Morgan fingerprint density at radius 2 is 2.00 bits per heavy atom. The van der Waals surface area contributed by atoms with Crippen molar-refractivity contribution in [2.24, 2.45) is 0 Å². The maximum atomic E-state index is 5.27. The van der Waals surface area contributed by atoms with Crippen LogP contribution in [-0.4, -0.2) is 47.7 Å². The van der Waals surface area contributed by atoms with Gasteiger partial charge >= 0.3 is 0 Å². The van der Waals surface area contributed by atoms with Crippen LogP contribution in [0.25, 0.3) is 0 Å². The second-order valence-corrected chi connectivity index (χ2v) is 3.30. The Morgan fingerprint density at radius 1 is 1.29 bits per heavy atom. The summed E-state index contributed by atoms with van der Waals surface area (Å²) in [6, 6.07) is 2.81. The molecule has 2 rings (SSSR count). The summed E-state index contributed by atoms with van der Waals surface area (Å²) in [6.07, 6.45) is 4.25. The Balaban J connectivity index is 1.76. The van der Waals surface area contributed by atoms with Gasteiger partial charge in [0.2, 0.25) is 0 Å². The number of morpholine rings is 1. The second-order valence-electron chi connectivity index (χ2n) is 3.30. The van der Waals surface area contributed by atoms with Crippen LogP contribution >= 0.6 is 0 Å². The van der Waals surface area contributed by atoms with E-state index in [1.54, 1.807) is 12.4 Å². The third-order valence-electron chi connectivity index (χ3n) is 2.33. The molecule has 14 heavy (non-hydrogen) atoms. The topological polar surface area (TPSA) is 38.2 Å². The maximum absolute atomic E-state index is 5.27. The zero-order valence-corrected chi connectivity index (χ0v) is 8.15. The highest BCUT2D eigenvalue weighted by Crippen LogP contribution is 1.98. The van der Waals surface area contributed by atoms with Crippen LogP contribution in [0.4, 0.5) is 0 Å². The highest BCUT2D eigenvalue weighted by atomic mass is 16.5. The van der Waals surface area contributed by atoms with Crippen molar-refractivity contribution in [1.29, 1.82) is 0 Å². The van der Waals surface area contributed by atoms with Crippen molar-refractivity contribution in [2.75, 3.05) is 32.8 Å². The van der Waals surface area contributed by atoms with Crippen LogP contribution in [-0.2, 0) is 11.2 Å². The van der Waals surface area contributed by atoms with E-state index in [1.165, 1.54) is 0 Å². The molecule has 1 aliphatic rings. The Bertz CT molecular complexity index is 259. The van der Waals surface area contributed by atoms with Gasteiger partial charge < -0.3 is 4.74 Å². The van der Waals surface area contributed by atoms with Gasteiger partial charge in [-0.2, -0.15) is 0 Å². The van der Waals surface area contributed by atoms with Crippen molar-refractivity contribution in [1.82, 2.24) is 14.9 Å². The molecule has 1 aromatic heterocycles. The Hall–Kier alpha value is -1.00. The van der Waals surface area contributed by atoms with E-state index in [4.69, 9.17) is 4.74 Å². The molecule has 0 atom stereocenters. The Labute approximate surface area is 83.9 Å². The lowest BCUT2D eigenvalue weighted by molar-refractivity contribution is 0.0382. The molecular weight excluding hydrogens is 178 g/mol. The number of ether oxygens (including phenoxy) is 1. The van der Waals surface area contributed by atoms with E-state index in [0.29, 0.717) is 0 Å². The van der Waals surface area contributed by atoms with E-state index in [1.807, 2.05) is 0 Å². The third kappa shape index (κ3) is 2.75. The quantitative estimate of drug-likeness (QED) is 0.683. The molecular formula is C10H14N3O. The number of hydrogen-bond donors (Lipinski definition) is 0. The number of nitrogens with zero attached hydrogens (tertiary/aromatic N) is 3. The zero-order chi connectivity index (χ0) is 9.64. The first-order chi connectivity index (χ1) is 6.95. The Morgan fingerprint density at radius 3 is 2.71 bits per heavy atom. The van der Waals surface area contributed by atoms with E-state index in [9.17, 15) is 0 Å². The van der Waals surface area contributed by atoms with Gasteiger partial charge in [0.05, 0.1) is 13.2 Å². The molecule has 0 amide bonds. The fourth-order valence-electron chi connectivity index (χ4n) is 1.50. The molecule has 0 aliphatic carbocycles. The number of rotatable bonds is 3. The molecule has 0 unspecified atom stereocenters. The van der Waals surface area contributed by atoms with Crippen LogP contribution in [0.3, 0.4) is 0 Å². The summed E-state index contributed by atoms with van der Waals surface area (Å²) in [4.78, 5) is 10.7. The van der Waals surface area contributed by atoms with Crippen molar-refractivity contribution in [3.8, 4) is 0 Å². The van der Waals surface area contributed by atoms with E-state index in [2.05, 4.69) is 20.9 Å². The predicted octanol–water partition coefficient (Wildman–Crippen LogP) is 0.151. The smallest absolute Gasteiger partial charge is 0.129 e. The molecule has 0 saturated carbocycles. The lowest BCUT2D eigenvalue weighted by Crippen LogP contribution is -2.37. The van der Waals surface area contributed by atoms with Crippen LogP contribution in [0.1, 0.15) is 5.82 Å². The lowest BCUT2D eigenvalue weighted by atomic mass is 10.3. The van der Waals surface area contributed by atoms with Crippen LogP contribution in [0.5, 0.6) is 0 Å². The van der Waals surface area contributed by atoms with Gasteiger partial charge in [-0.05, 0) is 0 Å². The van der Waals surface area contributed by atoms with Crippen molar-refractivity contribution in [2.45, 2.75) is 6.42 Å². The summed E-state index contributed by atoms with van der Waals surface area (Å²) in [7, 11) is 0. The van der Waals surface area contributed by atoms with Crippen LogP contribution in [0.15, 0.2) is 12.4 Å². The molecule has 0 N–H and O–H groups in total. The first kappa shape index (κ1) is 9.55. The number of aromatic nitrogens is 2. The van der Waals surface area contributed by atoms with Crippen molar-refractivity contribution in [3.63, 3.8) is 0 Å². The molecule has 0 aromatic carbocycles. The van der Waals surface area contributed by atoms with Crippen molar-refractivity contribution >= 4 is 0 Å². The first-order valence-corrected chi connectivity index (χ1v) is 4.92. The van der Waals surface area contributed by atoms with Crippen LogP contribution in [0, 0.1) is 6.07 Å². The largest absolute Gasteiger partial charge is 0.379 e. The van der Waals surface area contributed by atoms with E-state index < -0.39 is 0 Å². The van der Waals surface area contributed by atoms with Gasteiger partial charge in [0.15, 0.2) is 0 Å². The molecule has 1 aromatic rings.